The lowest BCUT2D eigenvalue weighted by atomic mass is 10.1. The summed E-state index contributed by atoms with van der Waals surface area (Å²) in [4.78, 5) is 2.63. The van der Waals surface area contributed by atoms with E-state index in [1.807, 2.05) is 0 Å². The Hall–Kier alpha value is -0.120. The first-order chi connectivity index (χ1) is 7.33. The first kappa shape index (κ1) is 11.4. The second-order valence-corrected chi connectivity index (χ2v) is 5.05. The third kappa shape index (κ3) is 2.71. The van der Waals surface area contributed by atoms with Crippen LogP contribution in [0.5, 0.6) is 0 Å². The minimum absolute atomic E-state index is 0.274. The number of piperidine rings is 1. The van der Waals surface area contributed by atoms with Crippen LogP contribution in [0.15, 0.2) is 0 Å². The monoisotopic (exact) mass is 212 g/mol. The normalized spacial score (nSPS) is 32.4. The average molecular weight is 212 g/mol. The van der Waals surface area contributed by atoms with Crippen molar-refractivity contribution < 1.29 is 5.11 Å². The Kier molecular flexibility index (Phi) is 4.00. The topological polar surface area (TPSA) is 35.5 Å². The molecule has 15 heavy (non-hydrogen) atoms. The summed E-state index contributed by atoms with van der Waals surface area (Å²) < 4.78 is 0. The van der Waals surface area contributed by atoms with Crippen LogP contribution in [0.25, 0.3) is 0 Å². The van der Waals surface area contributed by atoms with E-state index in [1.54, 1.807) is 0 Å². The molecular weight excluding hydrogens is 188 g/mol. The quantitative estimate of drug-likeness (QED) is 0.684. The first-order valence-corrected chi connectivity index (χ1v) is 6.41. The molecule has 1 heterocycles. The summed E-state index contributed by atoms with van der Waals surface area (Å²) in [7, 11) is 0. The van der Waals surface area contributed by atoms with E-state index >= 15 is 0 Å². The van der Waals surface area contributed by atoms with E-state index < -0.39 is 0 Å². The van der Waals surface area contributed by atoms with Crippen molar-refractivity contribution in [2.45, 2.75) is 44.7 Å². The second kappa shape index (κ2) is 5.28. The zero-order valence-corrected chi connectivity index (χ0v) is 9.78. The highest BCUT2D eigenvalue weighted by Crippen LogP contribution is 2.37. The summed E-state index contributed by atoms with van der Waals surface area (Å²) in [6.07, 6.45) is 5.39. The fourth-order valence-electron chi connectivity index (χ4n) is 3.17. The van der Waals surface area contributed by atoms with Crippen molar-refractivity contribution in [3.05, 3.63) is 0 Å². The summed E-state index contributed by atoms with van der Waals surface area (Å²) in [5, 5.41) is 12.5. The number of nitrogens with one attached hydrogen (secondary N) is 1. The number of nitrogens with zero attached hydrogens (tertiary/aromatic N) is 1. The Morgan fingerprint density at radius 2 is 2.33 bits per heavy atom. The van der Waals surface area contributed by atoms with Crippen LogP contribution >= 0.6 is 0 Å². The minimum atomic E-state index is 0.274. The van der Waals surface area contributed by atoms with Crippen molar-refractivity contribution in [1.82, 2.24) is 10.2 Å². The van der Waals surface area contributed by atoms with Crippen molar-refractivity contribution in [3.63, 3.8) is 0 Å². The molecule has 0 amide bonds. The number of fused-ring (bicyclic) bond motifs is 2. The Bertz CT molecular complexity index is 198. The number of hydrogen-bond acceptors (Lipinski definition) is 3. The van der Waals surface area contributed by atoms with E-state index in [-0.39, 0.29) is 6.61 Å². The van der Waals surface area contributed by atoms with Crippen LogP contribution in [0.1, 0.15) is 32.6 Å². The molecule has 1 aliphatic heterocycles. The highest BCUT2D eigenvalue weighted by atomic mass is 16.3. The van der Waals surface area contributed by atoms with Gasteiger partial charge in [0.15, 0.2) is 0 Å². The Morgan fingerprint density at radius 1 is 1.47 bits per heavy atom. The molecule has 88 valence electrons. The summed E-state index contributed by atoms with van der Waals surface area (Å²) in [6, 6.07) is 1.17. The maximum absolute atomic E-state index is 9.18. The Labute approximate surface area is 92.8 Å². The number of hydrogen-bond donors (Lipinski definition) is 2. The Morgan fingerprint density at radius 3 is 2.87 bits per heavy atom. The van der Waals surface area contributed by atoms with Gasteiger partial charge in [0.1, 0.15) is 0 Å². The molecule has 2 bridgehead atoms. The number of aliphatic hydroxyl groups is 1. The van der Waals surface area contributed by atoms with Gasteiger partial charge in [-0.2, -0.15) is 0 Å². The number of aliphatic hydroxyl groups excluding tert-OH is 1. The van der Waals surface area contributed by atoms with Gasteiger partial charge in [-0.05, 0) is 38.1 Å². The number of rotatable bonds is 6. The van der Waals surface area contributed by atoms with Crippen molar-refractivity contribution in [2.24, 2.45) is 5.92 Å². The molecule has 3 atom stereocenters. The smallest absolute Gasteiger partial charge is 0.0585 e. The number of likely N-dealkylation sites (tertiary alicyclic amines) is 1. The molecule has 1 aliphatic carbocycles. The molecule has 0 aromatic carbocycles. The van der Waals surface area contributed by atoms with Crippen molar-refractivity contribution >= 4 is 0 Å². The molecule has 3 nitrogen and oxygen atoms in total. The maximum Gasteiger partial charge on any atom is 0.0585 e. The van der Waals surface area contributed by atoms with E-state index in [1.165, 1.54) is 32.4 Å². The lowest BCUT2D eigenvalue weighted by Gasteiger charge is -2.28. The fourth-order valence-corrected chi connectivity index (χ4v) is 3.17. The molecule has 0 aromatic heterocycles. The van der Waals surface area contributed by atoms with E-state index in [2.05, 4.69) is 17.1 Å². The largest absolute Gasteiger partial charge is 0.395 e. The van der Waals surface area contributed by atoms with E-state index in [0.717, 1.165) is 24.9 Å². The molecule has 0 radical (unpaired) electrons. The zero-order chi connectivity index (χ0) is 10.7. The van der Waals surface area contributed by atoms with Crippen LogP contribution < -0.4 is 5.32 Å². The second-order valence-electron chi connectivity index (χ2n) is 5.05. The minimum Gasteiger partial charge on any atom is -0.395 e. The van der Waals surface area contributed by atoms with E-state index in [0.29, 0.717) is 6.04 Å². The van der Waals surface area contributed by atoms with Crippen LogP contribution in [0, 0.1) is 5.92 Å². The lowest BCUT2D eigenvalue weighted by molar-refractivity contribution is 0.180. The van der Waals surface area contributed by atoms with Crippen LogP contribution in [0.3, 0.4) is 0 Å². The summed E-state index contributed by atoms with van der Waals surface area (Å²) in [5.74, 6) is 0.988. The summed E-state index contributed by atoms with van der Waals surface area (Å²) in [5.41, 5.74) is 0. The number of likely N-dealkylation sites (N-methyl/N-ethyl adjacent to an activating group) is 1. The average Bonchev–Trinajstić information content (AvgIpc) is 2.85. The molecule has 3 heteroatoms. The van der Waals surface area contributed by atoms with Gasteiger partial charge in [0.25, 0.3) is 0 Å². The van der Waals surface area contributed by atoms with Crippen LogP contribution in [-0.4, -0.2) is 48.3 Å². The van der Waals surface area contributed by atoms with Gasteiger partial charge in [0.05, 0.1) is 6.61 Å². The van der Waals surface area contributed by atoms with E-state index in [9.17, 15) is 5.11 Å². The Balaban J connectivity index is 1.69. The molecule has 2 aliphatic rings. The zero-order valence-electron chi connectivity index (χ0n) is 9.78. The molecule has 2 rings (SSSR count). The molecule has 1 saturated carbocycles. The first-order valence-electron chi connectivity index (χ1n) is 6.41. The van der Waals surface area contributed by atoms with Gasteiger partial charge in [-0.25, -0.2) is 0 Å². The predicted molar refractivity (Wildman–Crippen MR) is 61.9 cm³/mol. The molecular formula is C12H24N2O. The van der Waals surface area contributed by atoms with Gasteiger partial charge in [-0.15, -0.1) is 0 Å². The molecule has 2 N–H and O–H groups in total. The molecule has 3 unspecified atom stereocenters. The fraction of sp³-hybridized carbons (Fsp3) is 1.00. The van der Waals surface area contributed by atoms with Crippen molar-refractivity contribution in [3.8, 4) is 0 Å². The van der Waals surface area contributed by atoms with Crippen molar-refractivity contribution in [1.29, 1.82) is 0 Å². The highest BCUT2D eigenvalue weighted by molar-refractivity contribution is 4.92. The van der Waals surface area contributed by atoms with Gasteiger partial charge >= 0.3 is 0 Å². The summed E-state index contributed by atoms with van der Waals surface area (Å²) >= 11 is 0. The van der Waals surface area contributed by atoms with E-state index in [4.69, 9.17) is 0 Å². The molecule has 0 aromatic rings. The van der Waals surface area contributed by atoms with Crippen LogP contribution in [0.4, 0.5) is 0 Å². The molecule has 2 fully saturated rings. The third-order valence-corrected chi connectivity index (χ3v) is 4.00. The third-order valence-electron chi connectivity index (χ3n) is 4.00. The van der Waals surface area contributed by atoms with Gasteiger partial charge < -0.3 is 15.3 Å². The molecule has 0 spiro atoms. The standard InChI is InChI=1S/C12H24N2O/c1-2-13-11(9-15)5-6-14-8-10-3-4-12(14)7-10/h10-13,15H,2-9H2,1H3. The predicted octanol–water partition coefficient (Wildman–Crippen LogP) is 0.831. The van der Waals surface area contributed by atoms with Gasteiger partial charge in [-0.3, -0.25) is 0 Å². The van der Waals surface area contributed by atoms with Crippen molar-refractivity contribution in [2.75, 3.05) is 26.2 Å². The van der Waals surface area contributed by atoms with Gasteiger partial charge in [-0.1, -0.05) is 6.92 Å². The van der Waals surface area contributed by atoms with Crippen LogP contribution in [-0.2, 0) is 0 Å². The van der Waals surface area contributed by atoms with Crippen LogP contribution in [0.2, 0.25) is 0 Å². The lowest BCUT2D eigenvalue weighted by Crippen LogP contribution is -2.39. The highest BCUT2D eigenvalue weighted by Gasteiger charge is 2.37. The van der Waals surface area contributed by atoms with Gasteiger partial charge in [0, 0.05) is 25.2 Å². The maximum atomic E-state index is 9.18. The van der Waals surface area contributed by atoms with Gasteiger partial charge in [0.2, 0.25) is 0 Å². The summed E-state index contributed by atoms with van der Waals surface area (Å²) in [6.45, 7) is 5.81. The SMILES string of the molecule is CCNC(CO)CCN1CC2CCC1C2. The molecule has 1 saturated heterocycles.